The third-order valence-electron chi connectivity index (χ3n) is 5.60. The van der Waals surface area contributed by atoms with Gasteiger partial charge in [-0.3, -0.25) is 9.59 Å². The molecule has 0 aliphatic heterocycles. The Balaban J connectivity index is 1.41. The van der Waals surface area contributed by atoms with E-state index in [-0.39, 0.29) is 11.4 Å². The summed E-state index contributed by atoms with van der Waals surface area (Å²) in [6.07, 6.45) is 0.684. The Hall–Kier alpha value is -3.78. The van der Waals surface area contributed by atoms with Gasteiger partial charge in [-0.2, -0.15) is 5.10 Å². The van der Waals surface area contributed by atoms with Gasteiger partial charge >= 0.3 is 0 Å². The molecule has 10 heteroatoms. The average Bonchev–Trinajstić information content (AvgIpc) is 3.39. The lowest BCUT2D eigenvalue weighted by atomic mass is 10.1. The second-order valence-corrected chi connectivity index (χ2v) is 9.81. The number of nitrogens with one attached hydrogen (secondary N) is 2. The van der Waals surface area contributed by atoms with Crippen LogP contribution in [0.4, 0.5) is 0 Å². The van der Waals surface area contributed by atoms with Crippen LogP contribution in [0.2, 0.25) is 15.1 Å². The Labute approximate surface area is 240 Å². The molecule has 1 aromatic heterocycles. The fourth-order valence-corrected chi connectivity index (χ4v) is 4.17. The molecular weight excluding hydrogens is 561 g/mol. The van der Waals surface area contributed by atoms with Gasteiger partial charge in [0.1, 0.15) is 23.3 Å². The molecule has 1 heterocycles. The number of carbonyl (C=O) groups is 2. The van der Waals surface area contributed by atoms with Crippen molar-refractivity contribution in [3.8, 4) is 17.1 Å². The topological polar surface area (TPSA) is 92.9 Å². The van der Waals surface area contributed by atoms with Crippen molar-refractivity contribution in [2.24, 2.45) is 5.10 Å². The van der Waals surface area contributed by atoms with E-state index in [0.717, 1.165) is 11.1 Å². The maximum Gasteiger partial charge on any atom is 0.262 e. The van der Waals surface area contributed by atoms with Crippen molar-refractivity contribution in [3.05, 3.63) is 111 Å². The monoisotopic (exact) mass is 583 g/mol. The van der Waals surface area contributed by atoms with Crippen molar-refractivity contribution >= 4 is 52.8 Å². The summed E-state index contributed by atoms with van der Waals surface area (Å²) in [7, 11) is 0. The molecule has 0 aliphatic carbocycles. The Morgan fingerprint density at radius 2 is 1.64 bits per heavy atom. The van der Waals surface area contributed by atoms with Crippen LogP contribution in [0.1, 0.15) is 18.2 Å². The number of benzene rings is 3. The average molecular weight is 585 g/mol. The molecule has 0 bridgehead atoms. The van der Waals surface area contributed by atoms with E-state index in [2.05, 4.69) is 15.8 Å². The predicted octanol–water partition coefficient (Wildman–Crippen LogP) is 6.55. The van der Waals surface area contributed by atoms with Crippen LogP contribution in [-0.2, 0) is 16.0 Å². The molecule has 0 fully saturated rings. The van der Waals surface area contributed by atoms with Crippen molar-refractivity contribution in [3.63, 3.8) is 0 Å². The van der Waals surface area contributed by atoms with Crippen LogP contribution >= 0.6 is 34.8 Å². The molecule has 0 aliphatic rings. The van der Waals surface area contributed by atoms with Gasteiger partial charge in [0.25, 0.3) is 11.8 Å². The molecule has 2 N–H and O–H groups in total. The van der Waals surface area contributed by atoms with Gasteiger partial charge in [-0.1, -0.05) is 65.1 Å². The zero-order valence-corrected chi connectivity index (χ0v) is 23.0. The van der Waals surface area contributed by atoms with E-state index < -0.39 is 24.0 Å². The fourth-order valence-electron chi connectivity index (χ4n) is 3.59. The summed E-state index contributed by atoms with van der Waals surface area (Å²) in [4.78, 5) is 26.0. The van der Waals surface area contributed by atoms with Crippen LogP contribution in [0.25, 0.3) is 11.3 Å². The van der Waals surface area contributed by atoms with Gasteiger partial charge in [0.2, 0.25) is 0 Å². The number of hydrogen-bond acceptors (Lipinski definition) is 5. The van der Waals surface area contributed by atoms with E-state index in [1.807, 2.05) is 42.5 Å². The zero-order chi connectivity index (χ0) is 27.8. The molecule has 2 atom stereocenters. The van der Waals surface area contributed by atoms with Crippen LogP contribution in [-0.4, -0.2) is 30.2 Å². The van der Waals surface area contributed by atoms with E-state index >= 15 is 0 Å². The van der Waals surface area contributed by atoms with Crippen LogP contribution in [0, 0.1) is 0 Å². The largest absolute Gasteiger partial charge is 0.479 e. The van der Waals surface area contributed by atoms with Gasteiger partial charge in [-0.05, 0) is 67.1 Å². The number of rotatable bonds is 10. The number of nitrogens with zero attached hydrogens (tertiary/aromatic N) is 1. The molecule has 39 heavy (non-hydrogen) atoms. The minimum Gasteiger partial charge on any atom is -0.479 e. The molecule has 0 saturated heterocycles. The number of hydrogen-bond donors (Lipinski definition) is 2. The molecule has 4 rings (SSSR count). The van der Waals surface area contributed by atoms with E-state index in [1.165, 1.54) is 12.3 Å². The molecule has 0 spiro atoms. The number of hydrazone groups is 1. The summed E-state index contributed by atoms with van der Waals surface area (Å²) in [6.45, 7) is 1.56. The molecule has 2 amide bonds. The lowest BCUT2D eigenvalue weighted by Crippen LogP contribution is -2.50. The van der Waals surface area contributed by atoms with E-state index in [9.17, 15) is 9.59 Å². The second-order valence-electron chi connectivity index (χ2n) is 8.53. The summed E-state index contributed by atoms with van der Waals surface area (Å²) < 4.78 is 11.5. The molecule has 3 aromatic carbocycles. The molecule has 4 aromatic rings. The molecule has 200 valence electrons. The van der Waals surface area contributed by atoms with Gasteiger partial charge in [0, 0.05) is 22.0 Å². The SMILES string of the molecule is C[C@H](Oc1ccc(Cl)cc1Cl)C(=O)N[C@@H](Cc1ccccc1)C(=O)N/N=C\c1ccc(-c2ccc(Cl)cc2)o1. The molecule has 0 radical (unpaired) electrons. The lowest BCUT2D eigenvalue weighted by molar-refractivity contribution is -0.132. The maximum absolute atomic E-state index is 13.0. The van der Waals surface area contributed by atoms with Crippen molar-refractivity contribution in [1.29, 1.82) is 0 Å². The Kier molecular flexibility index (Phi) is 9.65. The number of halogens is 3. The normalized spacial score (nSPS) is 12.6. The number of carbonyl (C=O) groups excluding carboxylic acids is 2. The standard InChI is InChI=1S/C29H24Cl3N3O4/c1-18(38-27-13-11-22(31)16-24(27)32)28(36)34-25(15-19-5-3-2-4-6-19)29(37)35-33-17-23-12-14-26(39-23)20-7-9-21(30)10-8-20/h2-14,16-18,25H,15H2,1H3,(H,34,36)(H,35,37)/b33-17-/t18-,25-/m0/s1. The summed E-state index contributed by atoms with van der Waals surface area (Å²) >= 11 is 18.0. The highest BCUT2D eigenvalue weighted by molar-refractivity contribution is 6.35. The molecule has 0 saturated carbocycles. The smallest absolute Gasteiger partial charge is 0.262 e. The summed E-state index contributed by atoms with van der Waals surface area (Å²) in [5.74, 6) is 0.354. The first-order valence-corrected chi connectivity index (χ1v) is 13.1. The van der Waals surface area contributed by atoms with Crippen LogP contribution in [0.3, 0.4) is 0 Å². The van der Waals surface area contributed by atoms with Gasteiger partial charge in [0.05, 0.1) is 11.2 Å². The van der Waals surface area contributed by atoms with Crippen LogP contribution in [0.5, 0.6) is 5.75 Å². The van der Waals surface area contributed by atoms with Gasteiger partial charge in [0.15, 0.2) is 6.10 Å². The summed E-state index contributed by atoms with van der Waals surface area (Å²) in [5.41, 5.74) is 4.19. The number of amides is 2. The highest BCUT2D eigenvalue weighted by atomic mass is 35.5. The van der Waals surface area contributed by atoms with E-state index in [1.54, 1.807) is 43.3 Å². The molecule has 0 unspecified atom stereocenters. The minimum absolute atomic E-state index is 0.240. The Morgan fingerprint density at radius 3 is 2.36 bits per heavy atom. The van der Waals surface area contributed by atoms with Crippen LogP contribution < -0.4 is 15.5 Å². The minimum atomic E-state index is -0.937. The van der Waals surface area contributed by atoms with Crippen molar-refractivity contribution in [1.82, 2.24) is 10.7 Å². The number of ether oxygens (including phenoxy) is 1. The first-order valence-electron chi connectivity index (χ1n) is 11.9. The summed E-state index contributed by atoms with van der Waals surface area (Å²) in [6, 6.07) is 23.8. The first kappa shape index (κ1) is 28.2. The van der Waals surface area contributed by atoms with E-state index in [0.29, 0.717) is 27.3 Å². The van der Waals surface area contributed by atoms with E-state index in [4.69, 9.17) is 44.0 Å². The van der Waals surface area contributed by atoms with Crippen molar-refractivity contribution in [2.75, 3.05) is 0 Å². The number of furan rings is 1. The predicted molar refractivity (Wildman–Crippen MR) is 154 cm³/mol. The van der Waals surface area contributed by atoms with Gasteiger partial charge in [-0.15, -0.1) is 0 Å². The third kappa shape index (κ3) is 8.10. The lowest BCUT2D eigenvalue weighted by Gasteiger charge is -2.21. The maximum atomic E-state index is 13.0. The Morgan fingerprint density at radius 1 is 0.923 bits per heavy atom. The second kappa shape index (κ2) is 13.3. The summed E-state index contributed by atoms with van der Waals surface area (Å²) in [5, 5.41) is 8.10. The molecular formula is C29H24Cl3N3O4. The highest BCUT2D eigenvalue weighted by Crippen LogP contribution is 2.28. The Bertz CT molecular complexity index is 1460. The fraction of sp³-hybridized carbons (Fsp3) is 0.138. The quantitative estimate of drug-likeness (QED) is 0.163. The molecule has 7 nitrogen and oxygen atoms in total. The van der Waals surface area contributed by atoms with Gasteiger partial charge in [-0.25, -0.2) is 5.43 Å². The highest BCUT2D eigenvalue weighted by Gasteiger charge is 2.25. The van der Waals surface area contributed by atoms with Gasteiger partial charge < -0.3 is 14.5 Å². The first-order chi connectivity index (χ1) is 18.8. The third-order valence-corrected chi connectivity index (χ3v) is 6.39. The van der Waals surface area contributed by atoms with Crippen molar-refractivity contribution in [2.45, 2.75) is 25.5 Å². The van der Waals surface area contributed by atoms with Crippen LogP contribution in [0.15, 0.2) is 94.4 Å². The zero-order valence-electron chi connectivity index (χ0n) is 20.7. The van der Waals surface area contributed by atoms with Crippen molar-refractivity contribution < 1.29 is 18.7 Å².